The third kappa shape index (κ3) is 3.26. The summed E-state index contributed by atoms with van der Waals surface area (Å²) in [6, 6.07) is 1.47. The van der Waals surface area contributed by atoms with Gasteiger partial charge in [0, 0.05) is 19.6 Å². The van der Waals surface area contributed by atoms with Crippen molar-refractivity contribution in [3.63, 3.8) is 0 Å². The van der Waals surface area contributed by atoms with Gasteiger partial charge >= 0.3 is 5.97 Å². The lowest BCUT2D eigenvalue weighted by Gasteiger charge is -2.33. The summed E-state index contributed by atoms with van der Waals surface area (Å²) in [5, 5.41) is 24.1. The van der Waals surface area contributed by atoms with Gasteiger partial charge in [0.25, 0.3) is 0 Å². The summed E-state index contributed by atoms with van der Waals surface area (Å²) in [4.78, 5) is 24.8. The first-order chi connectivity index (χ1) is 9.46. The number of nitrogens with one attached hydrogen (secondary N) is 2. The van der Waals surface area contributed by atoms with Gasteiger partial charge < -0.3 is 15.7 Å². The zero-order chi connectivity index (χ0) is 14.8. The van der Waals surface area contributed by atoms with Crippen LogP contribution in [0, 0.1) is 17.2 Å². The number of nitriles is 1. The number of hydrogen-bond donors (Lipinski definition) is 3. The number of piperazine rings is 1. The fourth-order valence-corrected chi connectivity index (χ4v) is 2.57. The van der Waals surface area contributed by atoms with E-state index in [1.165, 1.54) is 0 Å². The number of carbonyl (C=O) groups excluding carboxylic acids is 1. The maximum absolute atomic E-state index is 12.1. The van der Waals surface area contributed by atoms with E-state index in [4.69, 9.17) is 5.11 Å². The number of amides is 1. The number of hydrogen-bond acceptors (Lipinski definition) is 5. The largest absolute Gasteiger partial charge is 0.480 e. The number of carboxylic acid groups (broad SMARTS) is 1. The van der Waals surface area contributed by atoms with Gasteiger partial charge in [-0.1, -0.05) is 0 Å². The molecular weight excluding hydrogens is 260 g/mol. The zero-order valence-electron chi connectivity index (χ0n) is 11.6. The Bertz CT molecular complexity index is 443. The molecule has 0 aromatic carbocycles. The third-order valence-corrected chi connectivity index (χ3v) is 4.01. The maximum atomic E-state index is 12.1. The second kappa shape index (κ2) is 5.77. The molecule has 1 saturated carbocycles. The van der Waals surface area contributed by atoms with Crippen molar-refractivity contribution in [3.05, 3.63) is 0 Å². The zero-order valence-corrected chi connectivity index (χ0v) is 11.6. The summed E-state index contributed by atoms with van der Waals surface area (Å²) in [6.07, 6.45) is 1.91. The molecule has 2 atom stereocenters. The molecule has 110 valence electrons. The van der Waals surface area contributed by atoms with E-state index in [-0.39, 0.29) is 18.4 Å². The van der Waals surface area contributed by atoms with Crippen molar-refractivity contribution < 1.29 is 14.7 Å². The van der Waals surface area contributed by atoms with Gasteiger partial charge in [0.05, 0.1) is 12.6 Å². The van der Waals surface area contributed by atoms with E-state index >= 15 is 0 Å². The molecule has 7 heteroatoms. The van der Waals surface area contributed by atoms with Crippen molar-refractivity contribution in [1.82, 2.24) is 15.5 Å². The first-order valence-electron chi connectivity index (χ1n) is 6.86. The highest BCUT2D eigenvalue weighted by Gasteiger charge is 2.43. The first-order valence-corrected chi connectivity index (χ1v) is 6.86. The van der Waals surface area contributed by atoms with Crippen LogP contribution in [0.1, 0.15) is 19.8 Å². The number of aliphatic carboxylic acids is 1. The summed E-state index contributed by atoms with van der Waals surface area (Å²) in [5.74, 6) is -1.00. The smallest absolute Gasteiger partial charge is 0.322 e. The summed E-state index contributed by atoms with van der Waals surface area (Å²) in [6.45, 7) is 3.25. The SMILES string of the molecule is CC(C#N)(NC(=O)CN1CCNCC1C(=O)O)C1CC1. The van der Waals surface area contributed by atoms with Crippen molar-refractivity contribution in [2.75, 3.05) is 26.2 Å². The van der Waals surface area contributed by atoms with Crippen molar-refractivity contribution in [3.8, 4) is 6.07 Å². The van der Waals surface area contributed by atoms with Crippen LogP contribution in [0.4, 0.5) is 0 Å². The van der Waals surface area contributed by atoms with E-state index in [1.54, 1.807) is 11.8 Å². The normalized spacial score (nSPS) is 26.3. The summed E-state index contributed by atoms with van der Waals surface area (Å²) in [7, 11) is 0. The average Bonchev–Trinajstić information content (AvgIpc) is 3.23. The van der Waals surface area contributed by atoms with E-state index in [9.17, 15) is 14.9 Å². The van der Waals surface area contributed by atoms with E-state index in [0.717, 1.165) is 12.8 Å². The predicted molar refractivity (Wildman–Crippen MR) is 70.8 cm³/mol. The van der Waals surface area contributed by atoms with Crippen molar-refractivity contribution >= 4 is 11.9 Å². The van der Waals surface area contributed by atoms with E-state index in [2.05, 4.69) is 16.7 Å². The van der Waals surface area contributed by atoms with Crippen LogP contribution in [0.5, 0.6) is 0 Å². The van der Waals surface area contributed by atoms with Crippen LogP contribution in [0.25, 0.3) is 0 Å². The molecule has 1 amide bonds. The van der Waals surface area contributed by atoms with Crippen LogP contribution >= 0.6 is 0 Å². The van der Waals surface area contributed by atoms with Gasteiger partial charge in [-0.2, -0.15) is 5.26 Å². The molecule has 0 aromatic rings. The third-order valence-electron chi connectivity index (χ3n) is 4.01. The minimum atomic E-state index is -0.935. The van der Waals surface area contributed by atoms with Crippen LogP contribution in [-0.4, -0.2) is 59.6 Å². The molecule has 1 aliphatic heterocycles. The molecule has 2 unspecified atom stereocenters. The molecule has 0 bridgehead atoms. The average molecular weight is 280 g/mol. The van der Waals surface area contributed by atoms with Gasteiger partial charge in [0.15, 0.2) is 0 Å². The number of rotatable bonds is 5. The van der Waals surface area contributed by atoms with Crippen LogP contribution in [-0.2, 0) is 9.59 Å². The van der Waals surface area contributed by atoms with E-state index < -0.39 is 17.6 Å². The summed E-state index contributed by atoms with van der Waals surface area (Å²) in [5.41, 5.74) is -0.830. The van der Waals surface area contributed by atoms with Crippen molar-refractivity contribution in [2.45, 2.75) is 31.3 Å². The molecule has 1 heterocycles. The quantitative estimate of drug-likeness (QED) is 0.606. The summed E-state index contributed by atoms with van der Waals surface area (Å²) < 4.78 is 0. The van der Waals surface area contributed by atoms with Crippen LogP contribution in [0.3, 0.4) is 0 Å². The second-order valence-corrected chi connectivity index (χ2v) is 5.67. The van der Waals surface area contributed by atoms with Gasteiger partial charge in [0.2, 0.25) is 5.91 Å². The van der Waals surface area contributed by atoms with Crippen molar-refractivity contribution in [2.24, 2.45) is 5.92 Å². The lowest BCUT2D eigenvalue weighted by Crippen LogP contribution is -2.58. The van der Waals surface area contributed by atoms with E-state index in [1.807, 2.05) is 0 Å². The minimum Gasteiger partial charge on any atom is -0.480 e. The molecule has 1 saturated heterocycles. The number of carbonyl (C=O) groups is 2. The summed E-state index contributed by atoms with van der Waals surface area (Å²) >= 11 is 0. The van der Waals surface area contributed by atoms with Gasteiger partial charge in [-0.15, -0.1) is 0 Å². The molecule has 2 aliphatic rings. The standard InChI is InChI=1S/C13H20N4O3/c1-13(8-14,9-2-3-9)16-11(18)7-17-5-4-15-6-10(17)12(19)20/h9-10,15H,2-7H2,1H3,(H,16,18)(H,19,20). The Balaban J connectivity index is 1.93. The Morgan fingerprint density at radius 2 is 2.25 bits per heavy atom. The monoisotopic (exact) mass is 280 g/mol. The molecule has 0 aromatic heterocycles. The first kappa shape index (κ1) is 14.8. The maximum Gasteiger partial charge on any atom is 0.322 e. The molecule has 2 fully saturated rings. The lowest BCUT2D eigenvalue weighted by atomic mass is 9.98. The molecule has 20 heavy (non-hydrogen) atoms. The van der Waals surface area contributed by atoms with Crippen molar-refractivity contribution in [1.29, 1.82) is 5.26 Å². The Hall–Kier alpha value is -1.65. The van der Waals surface area contributed by atoms with Crippen LogP contribution < -0.4 is 10.6 Å². The number of carboxylic acids is 1. The van der Waals surface area contributed by atoms with Gasteiger partial charge in [-0.25, -0.2) is 0 Å². The Kier molecular flexibility index (Phi) is 4.26. The van der Waals surface area contributed by atoms with E-state index in [0.29, 0.717) is 19.6 Å². The molecule has 0 radical (unpaired) electrons. The van der Waals surface area contributed by atoms with Crippen LogP contribution in [0.2, 0.25) is 0 Å². The predicted octanol–water partition coefficient (Wildman–Crippen LogP) is -0.847. The highest BCUT2D eigenvalue weighted by atomic mass is 16.4. The molecule has 2 rings (SSSR count). The van der Waals surface area contributed by atoms with Gasteiger partial charge in [-0.3, -0.25) is 14.5 Å². The van der Waals surface area contributed by atoms with Crippen LogP contribution in [0.15, 0.2) is 0 Å². The molecule has 7 nitrogen and oxygen atoms in total. The van der Waals surface area contributed by atoms with Gasteiger partial charge in [-0.05, 0) is 25.7 Å². The minimum absolute atomic E-state index is 0.0165. The topological polar surface area (TPSA) is 105 Å². The number of nitrogens with zero attached hydrogens (tertiary/aromatic N) is 2. The Morgan fingerprint density at radius 3 is 2.80 bits per heavy atom. The second-order valence-electron chi connectivity index (χ2n) is 5.67. The molecule has 3 N–H and O–H groups in total. The molecule has 0 spiro atoms. The fraction of sp³-hybridized carbons (Fsp3) is 0.769. The highest BCUT2D eigenvalue weighted by molar-refractivity contribution is 5.81. The highest BCUT2D eigenvalue weighted by Crippen LogP contribution is 2.39. The lowest BCUT2D eigenvalue weighted by molar-refractivity contribution is -0.144. The van der Waals surface area contributed by atoms with Gasteiger partial charge in [0.1, 0.15) is 11.6 Å². The fourth-order valence-electron chi connectivity index (χ4n) is 2.57. The molecular formula is C13H20N4O3. The Labute approximate surface area is 117 Å². The Morgan fingerprint density at radius 1 is 1.55 bits per heavy atom. The molecule has 1 aliphatic carbocycles.